The molecule has 1 saturated heterocycles. The lowest BCUT2D eigenvalue weighted by atomic mass is 9.92. The maximum atomic E-state index is 14.4. The smallest absolute Gasteiger partial charge is 0.357 e. The molecule has 1 aliphatic rings. The molecule has 0 aromatic carbocycles. The first-order valence-corrected chi connectivity index (χ1v) is 16.1. The summed E-state index contributed by atoms with van der Waals surface area (Å²) in [5, 5.41) is 5.54. The molecule has 10 heteroatoms. The van der Waals surface area contributed by atoms with Gasteiger partial charge in [0.05, 0.1) is 13.2 Å². The molecule has 232 valence electrons. The molecular weight excluding hydrogens is 540 g/mol. The van der Waals surface area contributed by atoms with Crippen LogP contribution in [0, 0.1) is 11.8 Å². The molecule has 1 aromatic heterocycles. The molecule has 0 aliphatic carbocycles. The van der Waals surface area contributed by atoms with Crippen molar-refractivity contribution >= 4 is 29.1 Å². The van der Waals surface area contributed by atoms with Gasteiger partial charge in [-0.05, 0) is 51.6 Å². The van der Waals surface area contributed by atoms with Crippen molar-refractivity contribution in [3.63, 3.8) is 0 Å². The third-order valence-corrected chi connectivity index (χ3v) is 8.96. The van der Waals surface area contributed by atoms with Crippen molar-refractivity contribution in [2.45, 2.75) is 104 Å². The lowest BCUT2D eigenvalue weighted by Crippen LogP contribution is -2.58. The highest BCUT2D eigenvalue weighted by Gasteiger charge is 2.38. The number of likely N-dealkylation sites (N-methyl/N-ethyl adjacent to an activating group) is 1. The number of nitrogens with zero attached hydrogens (tertiary/aromatic N) is 3. The minimum absolute atomic E-state index is 0.0323. The van der Waals surface area contributed by atoms with Crippen molar-refractivity contribution in [3.05, 3.63) is 28.2 Å². The Morgan fingerprint density at radius 1 is 1.20 bits per heavy atom. The van der Waals surface area contributed by atoms with E-state index in [1.165, 1.54) is 18.4 Å². The van der Waals surface area contributed by atoms with Gasteiger partial charge in [0.25, 0.3) is 0 Å². The van der Waals surface area contributed by atoms with Crippen LogP contribution in [-0.2, 0) is 19.1 Å². The van der Waals surface area contributed by atoms with Crippen molar-refractivity contribution in [2.24, 2.45) is 11.8 Å². The number of carbonyl (C=O) groups excluding carboxylic acids is 3. The Bertz CT molecular complexity index is 997. The molecule has 2 amide bonds. The van der Waals surface area contributed by atoms with Gasteiger partial charge in [0, 0.05) is 31.0 Å². The van der Waals surface area contributed by atoms with E-state index in [4.69, 9.17) is 9.47 Å². The molecule has 1 aliphatic heterocycles. The molecule has 2 heterocycles. The summed E-state index contributed by atoms with van der Waals surface area (Å²) < 4.78 is 11.0. The SMILES string of the molecule is CCC=CCN(C(=O)[C@@H](NC(=O)[C@H]1CCCCN1C)C(C)CC)[C@H](C[C@@H](OCC)c1nc(C(=O)OC)cs1)C(C)C. The van der Waals surface area contributed by atoms with E-state index in [-0.39, 0.29) is 41.4 Å². The number of carbonyl (C=O) groups is 3. The van der Waals surface area contributed by atoms with Crippen LogP contribution in [0.4, 0.5) is 0 Å². The third kappa shape index (κ3) is 9.89. The fourth-order valence-corrected chi connectivity index (χ4v) is 6.16. The van der Waals surface area contributed by atoms with E-state index in [0.29, 0.717) is 24.6 Å². The molecule has 2 rings (SSSR count). The number of allylic oxidation sites excluding steroid dienone is 1. The Balaban J connectivity index is 2.42. The van der Waals surface area contributed by atoms with Crippen LogP contribution in [0.15, 0.2) is 17.5 Å². The number of ether oxygens (including phenoxy) is 2. The van der Waals surface area contributed by atoms with Gasteiger partial charge in [-0.15, -0.1) is 11.3 Å². The van der Waals surface area contributed by atoms with Crippen molar-refractivity contribution in [1.29, 1.82) is 0 Å². The quantitative estimate of drug-likeness (QED) is 0.207. The van der Waals surface area contributed by atoms with E-state index >= 15 is 0 Å². The van der Waals surface area contributed by atoms with Gasteiger partial charge in [0.1, 0.15) is 17.2 Å². The molecule has 0 bridgehead atoms. The average Bonchev–Trinajstić information content (AvgIpc) is 3.46. The molecule has 9 nitrogen and oxygen atoms in total. The Kier molecular flexibility index (Phi) is 15.0. The third-order valence-electron chi connectivity index (χ3n) is 8.02. The van der Waals surface area contributed by atoms with Crippen molar-refractivity contribution < 1.29 is 23.9 Å². The number of methoxy groups -OCH3 is 1. The number of thiazole rings is 1. The summed E-state index contributed by atoms with van der Waals surface area (Å²) in [7, 11) is 3.32. The van der Waals surface area contributed by atoms with Gasteiger partial charge in [-0.2, -0.15) is 0 Å². The second-order valence-electron chi connectivity index (χ2n) is 11.3. The largest absolute Gasteiger partial charge is 0.464 e. The van der Waals surface area contributed by atoms with Gasteiger partial charge in [0.2, 0.25) is 11.8 Å². The summed E-state index contributed by atoms with van der Waals surface area (Å²) in [5.74, 6) is -0.554. The van der Waals surface area contributed by atoms with Gasteiger partial charge < -0.3 is 19.7 Å². The van der Waals surface area contributed by atoms with Gasteiger partial charge >= 0.3 is 5.97 Å². The molecular formula is C31H52N4O5S. The van der Waals surface area contributed by atoms with Crippen LogP contribution in [0.2, 0.25) is 0 Å². The summed E-state index contributed by atoms with van der Waals surface area (Å²) >= 11 is 1.36. The minimum atomic E-state index is -0.629. The fourth-order valence-electron chi connectivity index (χ4n) is 5.31. The zero-order valence-electron chi connectivity index (χ0n) is 26.4. The maximum absolute atomic E-state index is 14.4. The normalized spacial score (nSPS) is 19.1. The fraction of sp³-hybridized carbons (Fsp3) is 0.742. The zero-order valence-corrected chi connectivity index (χ0v) is 27.2. The van der Waals surface area contributed by atoms with E-state index in [9.17, 15) is 14.4 Å². The molecule has 41 heavy (non-hydrogen) atoms. The number of hydrogen-bond acceptors (Lipinski definition) is 8. The highest BCUT2D eigenvalue weighted by molar-refractivity contribution is 7.09. The van der Waals surface area contributed by atoms with Gasteiger partial charge in [0.15, 0.2) is 5.69 Å². The zero-order chi connectivity index (χ0) is 30.5. The van der Waals surface area contributed by atoms with E-state index in [2.05, 4.69) is 49.0 Å². The van der Waals surface area contributed by atoms with Crippen LogP contribution >= 0.6 is 11.3 Å². The molecule has 5 atom stereocenters. The summed E-state index contributed by atoms with van der Waals surface area (Å²) in [4.78, 5) is 48.5. The monoisotopic (exact) mass is 592 g/mol. The highest BCUT2D eigenvalue weighted by Crippen LogP contribution is 2.31. The summed E-state index contributed by atoms with van der Waals surface area (Å²) in [6, 6.07) is -1.03. The lowest BCUT2D eigenvalue weighted by molar-refractivity contribution is -0.142. The number of amides is 2. The number of likely N-dealkylation sites (tertiary alicyclic amines) is 1. The Morgan fingerprint density at radius 3 is 2.51 bits per heavy atom. The molecule has 1 fully saturated rings. The van der Waals surface area contributed by atoms with Crippen molar-refractivity contribution in [3.8, 4) is 0 Å². The molecule has 0 spiro atoms. The molecule has 1 N–H and O–H groups in total. The Hall–Kier alpha value is -2.30. The van der Waals surface area contributed by atoms with Crippen LogP contribution in [-0.4, -0.2) is 84.5 Å². The Morgan fingerprint density at radius 2 is 1.93 bits per heavy atom. The topological polar surface area (TPSA) is 101 Å². The van der Waals surface area contributed by atoms with Crippen LogP contribution in [0.1, 0.15) is 102 Å². The first-order chi connectivity index (χ1) is 19.6. The van der Waals surface area contributed by atoms with E-state index in [0.717, 1.165) is 38.6 Å². The van der Waals surface area contributed by atoms with Crippen LogP contribution in [0.5, 0.6) is 0 Å². The van der Waals surface area contributed by atoms with E-state index in [1.807, 2.05) is 31.9 Å². The van der Waals surface area contributed by atoms with Gasteiger partial charge in [-0.25, -0.2) is 9.78 Å². The second-order valence-corrected chi connectivity index (χ2v) is 12.2. The first-order valence-electron chi connectivity index (χ1n) is 15.2. The van der Waals surface area contributed by atoms with Gasteiger partial charge in [-0.1, -0.05) is 59.6 Å². The van der Waals surface area contributed by atoms with Crippen LogP contribution in [0.25, 0.3) is 0 Å². The van der Waals surface area contributed by atoms with Gasteiger partial charge in [-0.3, -0.25) is 14.5 Å². The number of nitrogens with one attached hydrogen (secondary N) is 1. The summed E-state index contributed by atoms with van der Waals surface area (Å²) in [6.07, 6.45) is 8.75. The first kappa shape index (κ1) is 34.9. The standard InChI is InChI=1S/C31H52N4O5S/c1-9-12-14-18-35(30(37)27(22(6)10-2)33-28(36)24-16-13-15-17-34(24)7)25(21(4)5)19-26(40-11-3)29-32-23(20-41-29)31(38)39-8/h12,14,20-22,24-27H,9-11,13,15-19H2,1-8H3,(H,33,36)/t22?,24-,25-,26-,27+/m1/s1. The highest BCUT2D eigenvalue weighted by atomic mass is 32.1. The van der Waals surface area contributed by atoms with E-state index in [1.54, 1.807) is 5.38 Å². The number of aromatic nitrogens is 1. The predicted octanol–water partition coefficient (Wildman–Crippen LogP) is 5.23. The summed E-state index contributed by atoms with van der Waals surface area (Å²) in [5.41, 5.74) is 0.254. The van der Waals surface area contributed by atoms with Crippen LogP contribution < -0.4 is 5.32 Å². The van der Waals surface area contributed by atoms with Crippen LogP contribution in [0.3, 0.4) is 0 Å². The number of piperidine rings is 1. The van der Waals surface area contributed by atoms with Crippen molar-refractivity contribution in [1.82, 2.24) is 20.1 Å². The Labute approximate surface area is 251 Å². The predicted molar refractivity (Wildman–Crippen MR) is 164 cm³/mol. The molecule has 0 saturated carbocycles. The maximum Gasteiger partial charge on any atom is 0.357 e. The second kappa shape index (κ2) is 17.6. The minimum Gasteiger partial charge on any atom is -0.464 e. The van der Waals surface area contributed by atoms with E-state index < -0.39 is 18.1 Å². The molecule has 0 radical (unpaired) electrons. The molecule has 1 unspecified atom stereocenters. The number of rotatable bonds is 16. The van der Waals surface area contributed by atoms with Crippen molar-refractivity contribution in [2.75, 3.05) is 33.9 Å². The number of esters is 1. The lowest BCUT2D eigenvalue weighted by Gasteiger charge is -2.40. The molecule has 1 aromatic rings. The number of hydrogen-bond donors (Lipinski definition) is 1. The summed E-state index contributed by atoms with van der Waals surface area (Å²) in [6.45, 7) is 14.1. The average molecular weight is 593 g/mol.